The van der Waals surface area contributed by atoms with Crippen LogP contribution in [0.2, 0.25) is 5.02 Å². The SMILES string of the molecule is O=C(Nc1ccccc1O)c1ccc(-c2ncccc2Cl)cc1F. The number of aromatic hydroxyl groups is 1. The number of para-hydroxylation sites is 2. The van der Waals surface area contributed by atoms with Crippen LogP contribution in [0.15, 0.2) is 60.8 Å². The van der Waals surface area contributed by atoms with Gasteiger partial charge in [-0.3, -0.25) is 9.78 Å². The Morgan fingerprint density at radius 1 is 1.12 bits per heavy atom. The molecule has 2 aromatic carbocycles. The molecule has 0 aliphatic carbocycles. The van der Waals surface area contributed by atoms with Crippen molar-refractivity contribution in [3.05, 3.63) is 77.2 Å². The highest BCUT2D eigenvalue weighted by Gasteiger charge is 2.15. The van der Waals surface area contributed by atoms with Crippen molar-refractivity contribution in [3.63, 3.8) is 0 Å². The van der Waals surface area contributed by atoms with Gasteiger partial charge in [-0.2, -0.15) is 0 Å². The van der Waals surface area contributed by atoms with E-state index in [4.69, 9.17) is 11.6 Å². The van der Waals surface area contributed by atoms with Gasteiger partial charge in [0, 0.05) is 11.8 Å². The van der Waals surface area contributed by atoms with E-state index in [9.17, 15) is 14.3 Å². The highest BCUT2D eigenvalue weighted by molar-refractivity contribution is 6.33. The van der Waals surface area contributed by atoms with E-state index in [1.807, 2.05) is 0 Å². The van der Waals surface area contributed by atoms with Crippen LogP contribution in [0.3, 0.4) is 0 Å². The first-order valence-electron chi connectivity index (χ1n) is 7.06. The van der Waals surface area contributed by atoms with Crippen molar-refractivity contribution in [1.29, 1.82) is 0 Å². The number of benzene rings is 2. The molecular weight excluding hydrogens is 331 g/mol. The lowest BCUT2D eigenvalue weighted by atomic mass is 10.1. The monoisotopic (exact) mass is 342 g/mol. The highest BCUT2D eigenvalue weighted by atomic mass is 35.5. The molecule has 0 aliphatic rings. The molecule has 6 heteroatoms. The van der Waals surface area contributed by atoms with Gasteiger partial charge in [0.25, 0.3) is 5.91 Å². The molecule has 0 bridgehead atoms. The summed E-state index contributed by atoms with van der Waals surface area (Å²) in [4.78, 5) is 16.3. The lowest BCUT2D eigenvalue weighted by Crippen LogP contribution is -2.13. The molecule has 1 amide bonds. The van der Waals surface area contributed by atoms with Crippen LogP contribution < -0.4 is 5.32 Å². The predicted molar refractivity (Wildman–Crippen MR) is 90.7 cm³/mol. The molecule has 0 aliphatic heterocycles. The Morgan fingerprint density at radius 3 is 2.62 bits per heavy atom. The van der Waals surface area contributed by atoms with E-state index in [2.05, 4.69) is 10.3 Å². The van der Waals surface area contributed by atoms with E-state index in [0.29, 0.717) is 16.3 Å². The Morgan fingerprint density at radius 2 is 1.92 bits per heavy atom. The van der Waals surface area contributed by atoms with Gasteiger partial charge < -0.3 is 10.4 Å². The van der Waals surface area contributed by atoms with E-state index >= 15 is 0 Å². The molecule has 0 spiro atoms. The second kappa shape index (κ2) is 6.68. The van der Waals surface area contributed by atoms with Crippen LogP contribution in [-0.4, -0.2) is 16.0 Å². The molecule has 0 atom stereocenters. The summed E-state index contributed by atoms with van der Waals surface area (Å²) in [5.41, 5.74) is 0.968. The summed E-state index contributed by atoms with van der Waals surface area (Å²) < 4.78 is 14.3. The smallest absolute Gasteiger partial charge is 0.258 e. The topological polar surface area (TPSA) is 62.2 Å². The predicted octanol–water partition coefficient (Wildman–Crippen LogP) is 4.50. The van der Waals surface area contributed by atoms with Crippen LogP contribution in [0, 0.1) is 5.82 Å². The minimum atomic E-state index is -0.706. The van der Waals surface area contributed by atoms with Gasteiger partial charge in [0.15, 0.2) is 0 Å². The molecule has 3 rings (SSSR count). The van der Waals surface area contributed by atoms with Crippen molar-refractivity contribution in [1.82, 2.24) is 4.98 Å². The van der Waals surface area contributed by atoms with E-state index in [0.717, 1.165) is 0 Å². The second-order valence-corrected chi connectivity index (χ2v) is 5.41. The summed E-state index contributed by atoms with van der Waals surface area (Å²) >= 11 is 6.05. The summed E-state index contributed by atoms with van der Waals surface area (Å²) in [7, 11) is 0. The van der Waals surface area contributed by atoms with Crippen molar-refractivity contribution in [2.45, 2.75) is 0 Å². The van der Waals surface area contributed by atoms with Crippen molar-refractivity contribution >= 4 is 23.2 Å². The van der Waals surface area contributed by atoms with Crippen LogP contribution >= 0.6 is 11.6 Å². The molecule has 0 saturated carbocycles. The lowest BCUT2D eigenvalue weighted by Gasteiger charge is -2.09. The van der Waals surface area contributed by atoms with E-state index in [1.54, 1.807) is 36.5 Å². The summed E-state index contributed by atoms with van der Waals surface area (Å²) in [6.45, 7) is 0. The first kappa shape index (κ1) is 16.0. The summed E-state index contributed by atoms with van der Waals surface area (Å²) in [5, 5.41) is 12.5. The first-order chi connectivity index (χ1) is 11.6. The molecular formula is C18H12ClFN2O2. The minimum Gasteiger partial charge on any atom is -0.506 e. The van der Waals surface area contributed by atoms with Crippen LogP contribution in [-0.2, 0) is 0 Å². The number of amides is 1. The fourth-order valence-corrected chi connectivity index (χ4v) is 2.44. The first-order valence-corrected chi connectivity index (χ1v) is 7.44. The Labute approximate surface area is 142 Å². The third-order valence-corrected chi connectivity index (χ3v) is 3.70. The number of phenolic OH excluding ortho intramolecular Hbond substituents is 1. The van der Waals surface area contributed by atoms with Gasteiger partial charge in [-0.15, -0.1) is 0 Å². The molecule has 3 aromatic rings. The summed E-state index contributed by atoms with van der Waals surface area (Å²) in [6.07, 6.45) is 1.55. The van der Waals surface area contributed by atoms with Crippen LogP contribution in [0.25, 0.3) is 11.3 Å². The van der Waals surface area contributed by atoms with Crippen molar-refractivity contribution in [2.75, 3.05) is 5.32 Å². The molecule has 120 valence electrons. The largest absolute Gasteiger partial charge is 0.506 e. The molecule has 1 aromatic heterocycles. The standard InChI is InChI=1S/C18H12ClFN2O2/c19-13-4-3-9-21-17(13)11-7-8-12(14(20)10-11)18(24)22-15-5-1-2-6-16(15)23/h1-10,23H,(H,22,24). The maximum atomic E-state index is 14.3. The lowest BCUT2D eigenvalue weighted by molar-refractivity contribution is 0.102. The number of hydrogen-bond acceptors (Lipinski definition) is 3. The maximum absolute atomic E-state index is 14.3. The normalized spacial score (nSPS) is 10.4. The molecule has 0 fully saturated rings. The van der Waals surface area contributed by atoms with Crippen molar-refractivity contribution in [3.8, 4) is 17.0 Å². The van der Waals surface area contributed by atoms with Gasteiger partial charge >= 0.3 is 0 Å². The summed E-state index contributed by atoms with van der Waals surface area (Å²) in [5.74, 6) is -1.46. The average molecular weight is 343 g/mol. The number of carbonyl (C=O) groups is 1. The third-order valence-electron chi connectivity index (χ3n) is 3.40. The molecule has 1 heterocycles. The number of hydrogen-bond donors (Lipinski definition) is 2. The number of pyridine rings is 1. The Bertz CT molecular complexity index is 915. The quantitative estimate of drug-likeness (QED) is 0.689. The van der Waals surface area contributed by atoms with Crippen LogP contribution in [0.5, 0.6) is 5.75 Å². The molecule has 4 nitrogen and oxygen atoms in total. The molecule has 0 radical (unpaired) electrons. The fraction of sp³-hybridized carbons (Fsp3) is 0. The molecule has 0 saturated heterocycles. The highest BCUT2D eigenvalue weighted by Crippen LogP contribution is 2.27. The number of halogens is 2. The van der Waals surface area contributed by atoms with E-state index < -0.39 is 11.7 Å². The summed E-state index contributed by atoms with van der Waals surface area (Å²) in [6, 6.07) is 13.7. The molecule has 24 heavy (non-hydrogen) atoms. The van der Waals surface area contributed by atoms with Crippen LogP contribution in [0.1, 0.15) is 10.4 Å². The number of nitrogens with zero attached hydrogens (tertiary/aromatic N) is 1. The van der Waals surface area contributed by atoms with Gasteiger partial charge in [0.05, 0.1) is 22.0 Å². The van der Waals surface area contributed by atoms with E-state index in [1.165, 1.54) is 24.3 Å². The van der Waals surface area contributed by atoms with Gasteiger partial charge in [-0.1, -0.05) is 29.8 Å². The molecule has 0 unspecified atom stereocenters. The fourth-order valence-electron chi connectivity index (χ4n) is 2.21. The van der Waals surface area contributed by atoms with Crippen LogP contribution in [0.4, 0.5) is 10.1 Å². The van der Waals surface area contributed by atoms with Crippen molar-refractivity contribution in [2.24, 2.45) is 0 Å². The number of anilines is 1. The van der Waals surface area contributed by atoms with Gasteiger partial charge in [-0.25, -0.2) is 4.39 Å². The number of rotatable bonds is 3. The number of aromatic nitrogens is 1. The maximum Gasteiger partial charge on any atom is 0.258 e. The van der Waals surface area contributed by atoms with Crippen molar-refractivity contribution < 1.29 is 14.3 Å². The van der Waals surface area contributed by atoms with Gasteiger partial charge in [0.2, 0.25) is 0 Å². The minimum absolute atomic E-state index is 0.0943. The Hall–Kier alpha value is -2.92. The zero-order valence-electron chi connectivity index (χ0n) is 12.3. The van der Waals surface area contributed by atoms with E-state index in [-0.39, 0.29) is 17.0 Å². The number of nitrogens with one attached hydrogen (secondary N) is 1. The van der Waals surface area contributed by atoms with Gasteiger partial charge in [0.1, 0.15) is 11.6 Å². The second-order valence-electron chi connectivity index (χ2n) is 5.00. The zero-order valence-corrected chi connectivity index (χ0v) is 13.1. The van der Waals surface area contributed by atoms with Gasteiger partial charge in [-0.05, 0) is 36.4 Å². The number of phenols is 1. The number of carbonyl (C=O) groups excluding carboxylic acids is 1. The average Bonchev–Trinajstić information content (AvgIpc) is 2.57. The zero-order chi connectivity index (χ0) is 17.1. The third kappa shape index (κ3) is 3.21. The Balaban J connectivity index is 1.89. The molecule has 2 N–H and O–H groups in total. The Kier molecular flexibility index (Phi) is 4.44.